The van der Waals surface area contributed by atoms with Gasteiger partial charge in [0.1, 0.15) is 16.2 Å². The maximum absolute atomic E-state index is 12.5. The van der Waals surface area contributed by atoms with E-state index < -0.39 is 0 Å². The van der Waals surface area contributed by atoms with Crippen LogP contribution in [0.4, 0.5) is 5.69 Å². The van der Waals surface area contributed by atoms with Gasteiger partial charge in [-0.25, -0.2) is 15.0 Å². The minimum Gasteiger partial charge on any atom is -0.325 e. The molecule has 7 heteroatoms. The number of fused-ring (bicyclic) bond motifs is 5. The standard InChI is InChI=1S/C25H26N4OS2/c1-14(2)21-18-10-5-4-9-17(18)20-22-23(32-24(20)29-21)25(27-13-26-22)31-12-19(30)28-16-8-6-7-15(3)11-16/h6-8,11,13-14H,4-5,9-10,12H2,1-3H3,(H,28,30). The van der Waals surface area contributed by atoms with Crippen molar-refractivity contribution in [1.82, 2.24) is 15.0 Å². The van der Waals surface area contributed by atoms with Gasteiger partial charge in [-0.05, 0) is 67.3 Å². The van der Waals surface area contributed by atoms with E-state index in [1.54, 1.807) is 17.7 Å². The number of nitrogens with one attached hydrogen (secondary N) is 1. The summed E-state index contributed by atoms with van der Waals surface area (Å²) in [6.45, 7) is 6.47. The van der Waals surface area contributed by atoms with Crippen LogP contribution >= 0.6 is 23.1 Å². The molecule has 1 aromatic carbocycles. The second-order valence-electron chi connectivity index (χ2n) is 8.66. The van der Waals surface area contributed by atoms with Crippen molar-refractivity contribution in [3.63, 3.8) is 0 Å². The van der Waals surface area contributed by atoms with E-state index in [-0.39, 0.29) is 5.91 Å². The fourth-order valence-electron chi connectivity index (χ4n) is 4.50. The number of hydrogen-bond donors (Lipinski definition) is 1. The fraction of sp³-hybridized carbons (Fsp3) is 0.360. The molecular formula is C25H26N4OS2. The van der Waals surface area contributed by atoms with Crippen LogP contribution in [0.5, 0.6) is 0 Å². The Balaban J connectivity index is 1.48. The molecule has 0 spiro atoms. The zero-order valence-electron chi connectivity index (χ0n) is 18.6. The Bertz CT molecular complexity index is 1330. The molecule has 5 nitrogen and oxygen atoms in total. The number of benzene rings is 1. The van der Waals surface area contributed by atoms with Gasteiger partial charge < -0.3 is 5.32 Å². The van der Waals surface area contributed by atoms with Gasteiger partial charge in [0.2, 0.25) is 5.91 Å². The molecule has 1 aliphatic carbocycles. The van der Waals surface area contributed by atoms with E-state index in [2.05, 4.69) is 29.1 Å². The summed E-state index contributed by atoms with van der Waals surface area (Å²) in [5.74, 6) is 0.671. The maximum atomic E-state index is 12.5. The van der Waals surface area contributed by atoms with Gasteiger partial charge in [0.25, 0.3) is 0 Å². The van der Waals surface area contributed by atoms with E-state index in [9.17, 15) is 4.79 Å². The van der Waals surface area contributed by atoms with Crippen molar-refractivity contribution in [2.75, 3.05) is 11.1 Å². The number of anilines is 1. The molecule has 0 fully saturated rings. The quantitative estimate of drug-likeness (QED) is 0.279. The number of aromatic nitrogens is 3. The van der Waals surface area contributed by atoms with Gasteiger partial charge in [0, 0.05) is 16.8 Å². The van der Waals surface area contributed by atoms with E-state index in [1.807, 2.05) is 31.2 Å². The van der Waals surface area contributed by atoms with Crippen molar-refractivity contribution in [2.45, 2.75) is 57.4 Å². The van der Waals surface area contributed by atoms with Gasteiger partial charge in [0.15, 0.2) is 0 Å². The number of nitrogens with zero attached hydrogens (tertiary/aromatic N) is 3. The Hall–Kier alpha value is -2.51. The Morgan fingerprint density at radius 1 is 1.19 bits per heavy atom. The number of aryl methyl sites for hydroxylation is 2. The van der Waals surface area contributed by atoms with Crippen LogP contribution < -0.4 is 5.32 Å². The number of thiophene rings is 1. The molecule has 0 unspecified atom stereocenters. The normalized spacial score (nSPS) is 13.6. The number of thioether (sulfide) groups is 1. The largest absolute Gasteiger partial charge is 0.325 e. The second kappa shape index (κ2) is 8.79. The van der Waals surface area contributed by atoms with Gasteiger partial charge >= 0.3 is 0 Å². The molecule has 0 saturated heterocycles. The summed E-state index contributed by atoms with van der Waals surface area (Å²) in [6, 6.07) is 7.84. The van der Waals surface area contributed by atoms with Crippen LogP contribution in [-0.2, 0) is 17.6 Å². The molecule has 0 radical (unpaired) electrons. The SMILES string of the molecule is Cc1cccc(NC(=O)CSc2ncnc3c2sc2nc(C(C)C)c4c(c23)CCCC4)c1. The van der Waals surface area contributed by atoms with E-state index in [0.29, 0.717) is 11.7 Å². The molecular weight excluding hydrogens is 436 g/mol. The summed E-state index contributed by atoms with van der Waals surface area (Å²) in [6.07, 6.45) is 6.27. The van der Waals surface area contributed by atoms with Gasteiger partial charge in [-0.15, -0.1) is 11.3 Å². The lowest BCUT2D eigenvalue weighted by Crippen LogP contribution is -2.14. The minimum atomic E-state index is -0.0360. The highest BCUT2D eigenvalue weighted by molar-refractivity contribution is 8.00. The molecule has 4 aromatic rings. The first-order valence-corrected chi connectivity index (χ1v) is 12.9. The summed E-state index contributed by atoms with van der Waals surface area (Å²) >= 11 is 3.13. The molecule has 3 aromatic heterocycles. The lowest BCUT2D eigenvalue weighted by atomic mass is 9.86. The summed E-state index contributed by atoms with van der Waals surface area (Å²) in [7, 11) is 0. The molecule has 5 rings (SSSR count). The summed E-state index contributed by atoms with van der Waals surface area (Å²) in [4.78, 5) is 27.9. The average molecular weight is 463 g/mol. The summed E-state index contributed by atoms with van der Waals surface area (Å²) in [5.41, 5.74) is 7.03. The molecule has 32 heavy (non-hydrogen) atoms. The van der Waals surface area contributed by atoms with Crippen molar-refractivity contribution in [3.8, 4) is 0 Å². The van der Waals surface area contributed by atoms with E-state index >= 15 is 0 Å². The first-order chi connectivity index (χ1) is 15.5. The van der Waals surface area contributed by atoms with Crippen molar-refractivity contribution in [3.05, 3.63) is 53.0 Å². The molecule has 1 aliphatic rings. The van der Waals surface area contributed by atoms with E-state index in [1.165, 1.54) is 46.8 Å². The highest BCUT2D eigenvalue weighted by atomic mass is 32.2. The van der Waals surface area contributed by atoms with Gasteiger partial charge in [-0.3, -0.25) is 4.79 Å². The topological polar surface area (TPSA) is 67.8 Å². The molecule has 1 N–H and O–H groups in total. The van der Waals surface area contributed by atoms with Crippen LogP contribution in [0.25, 0.3) is 20.4 Å². The Morgan fingerprint density at radius 2 is 2.00 bits per heavy atom. The lowest BCUT2D eigenvalue weighted by molar-refractivity contribution is -0.113. The molecule has 3 heterocycles. The number of carbonyl (C=O) groups excluding carboxylic acids is 1. The third-order valence-electron chi connectivity index (χ3n) is 5.91. The molecule has 0 bridgehead atoms. The molecule has 0 atom stereocenters. The Kier molecular flexibility index (Phi) is 5.86. The van der Waals surface area contributed by atoms with Crippen LogP contribution in [0.15, 0.2) is 35.6 Å². The van der Waals surface area contributed by atoms with Gasteiger partial charge in [0.05, 0.1) is 16.0 Å². The van der Waals surface area contributed by atoms with Crippen LogP contribution in [0.3, 0.4) is 0 Å². The third-order valence-corrected chi connectivity index (χ3v) is 8.11. The summed E-state index contributed by atoms with van der Waals surface area (Å²) in [5, 5.41) is 5.04. The predicted octanol–water partition coefficient (Wildman–Crippen LogP) is 6.28. The fourth-order valence-corrected chi connectivity index (χ4v) is 6.54. The number of hydrogen-bond acceptors (Lipinski definition) is 6. The molecule has 0 aliphatic heterocycles. The Morgan fingerprint density at radius 3 is 2.78 bits per heavy atom. The van der Waals surface area contributed by atoms with E-state index in [0.717, 1.165) is 44.2 Å². The van der Waals surface area contributed by atoms with Gasteiger partial charge in [-0.2, -0.15) is 0 Å². The minimum absolute atomic E-state index is 0.0360. The highest BCUT2D eigenvalue weighted by Gasteiger charge is 2.24. The monoisotopic (exact) mass is 462 g/mol. The van der Waals surface area contributed by atoms with Gasteiger partial charge in [-0.1, -0.05) is 37.7 Å². The average Bonchev–Trinajstić information content (AvgIpc) is 3.16. The number of rotatable bonds is 5. The Labute approximate surface area is 196 Å². The molecule has 1 amide bonds. The number of carbonyl (C=O) groups is 1. The van der Waals surface area contributed by atoms with Crippen molar-refractivity contribution >= 4 is 55.1 Å². The van der Waals surface area contributed by atoms with Crippen molar-refractivity contribution < 1.29 is 4.79 Å². The van der Waals surface area contributed by atoms with Crippen LogP contribution in [-0.4, -0.2) is 26.6 Å². The third kappa shape index (κ3) is 3.99. The smallest absolute Gasteiger partial charge is 0.234 e. The molecule has 164 valence electrons. The van der Waals surface area contributed by atoms with Crippen molar-refractivity contribution in [2.24, 2.45) is 0 Å². The lowest BCUT2D eigenvalue weighted by Gasteiger charge is -2.21. The number of amides is 1. The second-order valence-corrected chi connectivity index (χ2v) is 10.6. The van der Waals surface area contributed by atoms with Crippen LogP contribution in [0, 0.1) is 6.92 Å². The first kappa shape index (κ1) is 21.3. The van der Waals surface area contributed by atoms with E-state index in [4.69, 9.17) is 4.98 Å². The maximum Gasteiger partial charge on any atom is 0.234 e. The highest BCUT2D eigenvalue weighted by Crippen LogP contribution is 2.42. The zero-order valence-corrected chi connectivity index (χ0v) is 20.2. The van der Waals surface area contributed by atoms with Crippen molar-refractivity contribution in [1.29, 1.82) is 0 Å². The van der Waals surface area contributed by atoms with Crippen LogP contribution in [0.1, 0.15) is 55.0 Å². The molecule has 0 saturated carbocycles. The first-order valence-electron chi connectivity index (χ1n) is 11.1. The van der Waals surface area contributed by atoms with Crippen LogP contribution in [0.2, 0.25) is 0 Å². The predicted molar refractivity (Wildman–Crippen MR) is 134 cm³/mol. The number of pyridine rings is 1. The zero-order chi connectivity index (χ0) is 22.2. The summed E-state index contributed by atoms with van der Waals surface area (Å²) < 4.78 is 1.04.